The molecule has 1 aromatic rings. The quantitative estimate of drug-likeness (QED) is 0.697. The van der Waals surface area contributed by atoms with E-state index in [4.69, 9.17) is 0 Å². The lowest BCUT2D eigenvalue weighted by Gasteiger charge is -2.07. The second-order valence-electron chi connectivity index (χ2n) is 4.74. The summed E-state index contributed by atoms with van der Waals surface area (Å²) in [6.07, 6.45) is 11.7. The maximum Gasteiger partial charge on any atom is 0.0721 e. The van der Waals surface area contributed by atoms with E-state index < -0.39 is 0 Å². The van der Waals surface area contributed by atoms with Gasteiger partial charge in [-0.05, 0) is 36.3 Å². The van der Waals surface area contributed by atoms with Crippen LogP contribution in [0.4, 0.5) is 0 Å². The van der Waals surface area contributed by atoms with Crippen molar-refractivity contribution in [2.75, 3.05) is 0 Å². The van der Waals surface area contributed by atoms with Crippen molar-refractivity contribution in [3.63, 3.8) is 0 Å². The molecule has 1 heteroatoms. The highest BCUT2D eigenvalue weighted by Gasteiger charge is 2.29. The van der Waals surface area contributed by atoms with Crippen LogP contribution in [0.15, 0.2) is 48.6 Å². The van der Waals surface area contributed by atoms with Crippen LogP contribution in [0.2, 0.25) is 0 Å². The summed E-state index contributed by atoms with van der Waals surface area (Å²) in [6.45, 7) is 2.13. The summed E-state index contributed by atoms with van der Waals surface area (Å²) in [4.78, 5) is 0. The van der Waals surface area contributed by atoms with Crippen LogP contribution < -0.4 is 0 Å². The Labute approximate surface area is 109 Å². The maximum absolute atomic E-state index is 9.19. The number of nitrogens with zero attached hydrogens (tertiary/aromatic N) is 1. The fourth-order valence-electron chi connectivity index (χ4n) is 2.62. The van der Waals surface area contributed by atoms with Gasteiger partial charge in [0.05, 0.1) is 12.0 Å². The Morgan fingerprint density at radius 1 is 1.22 bits per heavy atom. The number of hydrogen-bond acceptors (Lipinski definition) is 1. The van der Waals surface area contributed by atoms with E-state index in [0.29, 0.717) is 5.92 Å². The van der Waals surface area contributed by atoms with Crippen LogP contribution in [0.25, 0.3) is 0 Å². The largest absolute Gasteiger partial charge is 0.198 e. The van der Waals surface area contributed by atoms with E-state index in [-0.39, 0.29) is 5.92 Å². The van der Waals surface area contributed by atoms with Gasteiger partial charge in [-0.15, -0.1) is 0 Å². The number of rotatable bonds is 4. The molecule has 1 nitrogen and oxygen atoms in total. The molecule has 0 N–H and O–H groups in total. The van der Waals surface area contributed by atoms with Crippen molar-refractivity contribution in [1.82, 2.24) is 0 Å². The molecule has 1 aliphatic carbocycles. The molecular formula is C17H19N. The van der Waals surface area contributed by atoms with Gasteiger partial charge in [0, 0.05) is 0 Å². The molecular weight excluding hydrogens is 218 g/mol. The standard InChI is InChI=1S/C17H19N/c1-2-3-4-5-6-9-14-12-15(13-18)17-11-8-7-10-16(14)17/h3-8,10-11,14-15H,2,9,12H2,1H3/b4-3-,6-5-. The van der Waals surface area contributed by atoms with Gasteiger partial charge in [-0.25, -0.2) is 0 Å². The molecule has 0 aromatic heterocycles. The predicted octanol–water partition coefficient (Wildman–Crippen LogP) is 4.69. The number of hydrogen-bond donors (Lipinski definition) is 0. The van der Waals surface area contributed by atoms with E-state index in [0.717, 1.165) is 19.3 Å². The Balaban J connectivity index is 2.06. The molecule has 92 valence electrons. The van der Waals surface area contributed by atoms with Crippen molar-refractivity contribution in [2.24, 2.45) is 0 Å². The van der Waals surface area contributed by atoms with Crippen LogP contribution in [0.5, 0.6) is 0 Å². The lowest BCUT2D eigenvalue weighted by atomic mass is 9.97. The summed E-state index contributed by atoms with van der Waals surface area (Å²) in [7, 11) is 0. The summed E-state index contributed by atoms with van der Waals surface area (Å²) in [6, 6.07) is 10.8. The van der Waals surface area contributed by atoms with Crippen molar-refractivity contribution in [1.29, 1.82) is 5.26 Å². The van der Waals surface area contributed by atoms with Crippen LogP contribution in [0.3, 0.4) is 0 Å². The topological polar surface area (TPSA) is 23.8 Å². The third-order valence-electron chi connectivity index (χ3n) is 3.53. The average molecular weight is 237 g/mol. The Kier molecular flexibility index (Phi) is 4.36. The summed E-state index contributed by atoms with van der Waals surface area (Å²) in [5, 5.41) is 9.19. The lowest BCUT2D eigenvalue weighted by Crippen LogP contribution is -1.91. The highest BCUT2D eigenvalue weighted by atomic mass is 14.4. The molecule has 2 rings (SSSR count). The van der Waals surface area contributed by atoms with E-state index >= 15 is 0 Å². The zero-order chi connectivity index (χ0) is 12.8. The van der Waals surface area contributed by atoms with Crippen LogP contribution in [0.1, 0.15) is 49.1 Å². The summed E-state index contributed by atoms with van der Waals surface area (Å²) in [5.74, 6) is 0.600. The Morgan fingerprint density at radius 3 is 2.67 bits per heavy atom. The molecule has 0 heterocycles. The van der Waals surface area contributed by atoms with Crippen LogP contribution in [-0.4, -0.2) is 0 Å². The number of fused-ring (bicyclic) bond motifs is 1. The van der Waals surface area contributed by atoms with Crippen molar-refractivity contribution < 1.29 is 0 Å². The minimum absolute atomic E-state index is 0.0887. The minimum Gasteiger partial charge on any atom is -0.198 e. The van der Waals surface area contributed by atoms with E-state index in [1.807, 2.05) is 6.07 Å². The molecule has 1 aromatic carbocycles. The van der Waals surface area contributed by atoms with Crippen LogP contribution >= 0.6 is 0 Å². The molecule has 0 fully saturated rings. The molecule has 2 unspecified atom stereocenters. The number of allylic oxidation sites excluding steroid dienone is 4. The number of nitriles is 1. The van der Waals surface area contributed by atoms with Crippen molar-refractivity contribution in [3.8, 4) is 6.07 Å². The number of benzene rings is 1. The summed E-state index contributed by atoms with van der Waals surface area (Å²) < 4.78 is 0. The van der Waals surface area contributed by atoms with Gasteiger partial charge < -0.3 is 0 Å². The molecule has 0 amide bonds. The normalized spacial score (nSPS) is 22.4. The molecule has 0 bridgehead atoms. The van der Waals surface area contributed by atoms with Gasteiger partial charge in [0.25, 0.3) is 0 Å². The molecule has 0 aliphatic heterocycles. The molecule has 0 saturated heterocycles. The SMILES string of the molecule is CC/C=C\C=C/CC1CC(C#N)c2ccccc21. The molecule has 18 heavy (non-hydrogen) atoms. The summed E-state index contributed by atoms with van der Waals surface area (Å²) in [5.41, 5.74) is 2.61. The predicted molar refractivity (Wildman–Crippen MR) is 75.3 cm³/mol. The lowest BCUT2D eigenvalue weighted by molar-refractivity contribution is 0.659. The van der Waals surface area contributed by atoms with Gasteiger partial charge in [0.15, 0.2) is 0 Å². The van der Waals surface area contributed by atoms with E-state index in [1.54, 1.807) is 0 Å². The van der Waals surface area contributed by atoms with E-state index in [9.17, 15) is 5.26 Å². The maximum atomic E-state index is 9.19. The molecule has 0 radical (unpaired) electrons. The molecule has 0 saturated carbocycles. The van der Waals surface area contributed by atoms with E-state index in [1.165, 1.54) is 11.1 Å². The fourth-order valence-corrected chi connectivity index (χ4v) is 2.62. The van der Waals surface area contributed by atoms with Gasteiger partial charge in [0.1, 0.15) is 0 Å². The summed E-state index contributed by atoms with van der Waals surface area (Å²) >= 11 is 0. The van der Waals surface area contributed by atoms with Crippen molar-refractivity contribution in [2.45, 2.75) is 38.0 Å². The van der Waals surface area contributed by atoms with Gasteiger partial charge >= 0.3 is 0 Å². The van der Waals surface area contributed by atoms with Gasteiger partial charge in [-0.1, -0.05) is 55.5 Å². The fraction of sp³-hybridized carbons (Fsp3) is 0.353. The van der Waals surface area contributed by atoms with Gasteiger partial charge in [0.2, 0.25) is 0 Å². The monoisotopic (exact) mass is 237 g/mol. The Morgan fingerprint density at radius 2 is 1.94 bits per heavy atom. The van der Waals surface area contributed by atoms with Crippen LogP contribution in [0, 0.1) is 11.3 Å². The zero-order valence-corrected chi connectivity index (χ0v) is 10.8. The van der Waals surface area contributed by atoms with Gasteiger partial charge in [-0.3, -0.25) is 0 Å². The third kappa shape index (κ3) is 2.71. The first-order valence-electron chi connectivity index (χ1n) is 6.67. The second kappa shape index (κ2) is 6.21. The minimum atomic E-state index is 0.0887. The third-order valence-corrected chi connectivity index (χ3v) is 3.53. The highest BCUT2D eigenvalue weighted by Crippen LogP contribution is 2.42. The molecule has 0 spiro atoms. The Bertz CT molecular complexity index is 491. The zero-order valence-electron chi connectivity index (χ0n) is 10.8. The van der Waals surface area contributed by atoms with Gasteiger partial charge in [-0.2, -0.15) is 5.26 Å². The van der Waals surface area contributed by atoms with Crippen molar-refractivity contribution >= 4 is 0 Å². The first-order chi connectivity index (χ1) is 8.86. The first-order valence-corrected chi connectivity index (χ1v) is 6.67. The first kappa shape index (κ1) is 12.6. The van der Waals surface area contributed by atoms with E-state index in [2.05, 4.69) is 55.5 Å². The molecule has 1 aliphatic rings. The molecule has 2 atom stereocenters. The van der Waals surface area contributed by atoms with Crippen molar-refractivity contribution in [3.05, 3.63) is 59.7 Å². The smallest absolute Gasteiger partial charge is 0.0721 e. The Hall–Kier alpha value is -1.81. The van der Waals surface area contributed by atoms with Crippen LogP contribution in [-0.2, 0) is 0 Å². The average Bonchev–Trinajstić information content (AvgIpc) is 2.77. The highest BCUT2D eigenvalue weighted by molar-refractivity contribution is 5.41. The second-order valence-corrected chi connectivity index (χ2v) is 4.74.